The van der Waals surface area contributed by atoms with Gasteiger partial charge in [0.2, 0.25) is 0 Å². The van der Waals surface area contributed by atoms with Gasteiger partial charge in [-0.3, -0.25) is 4.68 Å². The molecule has 1 heterocycles. The Kier molecular flexibility index (Phi) is 4.66. The smallest absolute Gasteiger partial charge is 0.268 e. The van der Waals surface area contributed by atoms with E-state index in [2.05, 4.69) is 5.10 Å². The molecular formula is C13H23N3O3P2S. The Morgan fingerprint density at radius 1 is 1.32 bits per heavy atom. The number of aromatic nitrogens is 2. The van der Waals surface area contributed by atoms with E-state index in [0.29, 0.717) is 28.8 Å². The van der Waals surface area contributed by atoms with Gasteiger partial charge in [0, 0.05) is 6.20 Å². The van der Waals surface area contributed by atoms with E-state index in [9.17, 15) is 13.5 Å². The average Bonchev–Trinajstić information content (AvgIpc) is 3.39. The minimum absolute atomic E-state index is 0.0917. The van der Waals surface area contributed by atoms with E-state index < -0.39 is 15.6 Å². The van der Waals surface area contributed by atoms with Gasteiger partial charge in [-0.25, -0.2) is 8.42 Å². The maximum Gasteiger partial charge on any atom is 0.268 e. The van der Waals surface area contributed by atoms with Gasteiger partial charge in [0.05, 0.1) is 12.1 Å². The van der Waals surface area contributed by atoms with E-state index in [1.54, 1.807) is 20.8 Å². The summed E-state index contributed by atoms with van der Waals surface area (Å²) in [4.78, 5) is 0. The van der Waals surface area contributed by atoms with Gasteiger partial charge < -0.3 is 5.11 Å². The van der Waals surface area contributed by atoms with E-state index in [0.717, 1.165) is 25.7 Å². The minimum Gasteiger partial charge on any atom is -0.394 e. The summed E-state index contributed by atoms with van der Waals surface area (Å²) >= 11 is 0. The Morgan fingerprint density at radius 2 is 1.86 bits per heavy atom. The first-order valence-electron chi connectivity index (χ1n) is 7.57. The highest BCUT2D eigenvalue weighted by molar-refractivity contribution is 7.97. The van der Waals surface area contributed by atoms with Gasteiger partial charge in [0.15, 0.2) is 5.03 Å². The van der Waals surface area contributed by atoms with Crippen LogP contribution in [0.25, 0.3) is 0 Å². The molecule has 9 heteroatoms. The van der Waals surface area contributed by atoms with Crippen molar-refractivity contribution in [1.29, 1.82) is 0 Å². The molecule has 1 aromatic rings. The number of aliphatic hydroxyl groups is 1. The number of aliphatic hydroxyl groups excluding tert-OH is 1. The van der Waals surface area contributed by atoms with Crippen molar-refractivity contribution in [2.75, 3.05) is 6.61 Å². The maximum atomic E-state index is 12.9. The molecule has 0 radical (unpaired) electrons. The molecule has 0 amide bonds. The molecule has 2 aliphatic rings. The molecule has 2 saturated carbocycles. The number of rotatable bonds is 8. The summed E-state index contributed by atoms with van der Waals surface area (Å²) in [6.07, 6.45) is 6.22. The van der Waals surface area contributed by atoms with Crippen molar-refractivity contribution in [3.63, 3.8) is 0 Å². The molecule has 0 bridgehead atoms. The first-order chi connectivity index (χ1) is 10.3. The number of sulfonamides is 1. The van der Waals surface area contributed by atoms with Crippen molar-refractivity contribution in [2.24, 2.45) is 0 Å². The molecule has 1 aromatic heterocycles. The second-order valence-electron chi connectivity index (χ2n) is 6.65. The Balaban J connectivity index is 1.82. The summed E-state index contributed by atoms with van der Waals surface area (Å²) in [7, 11) is -2.80. The van der Waals surface area contributed by atoms with Crippen molar-refractivity contribution >= 4 is 27.5 Å². The monoisotopic (exact) mass is 363 g/mol. The highest BCUT2D eigenvalue weighted by Gasteiger charge is 2.37. The summed E-state index contributed by atoms with van der Waals surface area (Å²) in [5, 5.41) is 13.7. The lowest BCUT2D eigenvalue weighted by Gasteiger charge is -2.23. The minimum atomic E-state index is -3.51. The SMILES string of the molecule is CC(C)(CO)n1ccc(S(=O)(=O)N(PC2CC2)PC2CC2)n1. The van der Waals surface area contributed by atoms with Gasteiger partial charge in [0.25, 0.3) is 10.0 Å². The molecule has 2 fully saturated rings. The van der Waals surface area contributed by atoms with Gasteiger partial charge in [-0.2, -0.15) is 8.94 Å². The van der Waals surface area contributed by atoms with Gasteiger partial charge >= 0.3 is 0 Å². The molecule has 1 N–H and O–H groups in total. The largest absolute Gasteiger partial charge is 0.394 e. The molecule has 2 unspecified atom stereocenters. The van der Waals surface area contributed by atoms with Gasteiger partial charge in [-0.1, -0.05) is 0 Å². The molecule has 0 aliphatic heterocycles. The third-order valence-electron chi connectivity index (χ3n) is 3.83. The van der Waals surface area contributed by atoms with Crippen molar-refractivity contribution in [1.82, 2.24) is 13.6 Å². The molecule has 6 nitrogen and oxygen atoms in total. The topological polar surface area (TPSA) is 75.4 Å². The summed E-state index contributed by atoms with van der Waals surface area (Å²) < 4.78 is 29.0. The molecule has 22 heavy (non-hydrogen) atoms. The van der Waals surface area contributed by atoms with Crippen LogP contribution >= 0.6 is 17.5 Å². The first kappa shape index (κ1) is 16.8. The van der Waals surface area contributed by atoms with Crippen molar-refractivity contribution in [3.8, 4) is 0 Å². The quantitative estimate of drug-likeness (QED) is 0.718. The normalized spacial score (nSPS) is 20.9. The molecular weight excluding hydrogens is 340 g/mol. The summed E-state index contributed by atoms with van der Waals surface area (Å²) in [6, 6.07) is 1.55. The number of nitrogens with zero attached hydrogens (tertiary/aromatic N) is 3. The lowest BCUT2D eigenvalue weighted by molar-refractivity contribution is 0.151. The van der Waals surface area contributed by atoms with Crippen LogP contribution in [0.4, 0.5) is 0 Å². The summed E-state index contributed by atoms with van der Waals surface area (Å²) in [6.45, 7) is 3.56. The first-order valence-corrected chi connectivity index (χ1v) is 11.1. The van der Waals surface area contributed by atoms with E-state index in [4.69, 9.17) is 0 Å². The molecule has 124 valence electrons. The number of hydrogen-bond acceptors (Lipinski definition) is 4. The van der Waals surface area contributed by atoms with E-state index in [1.807, 2.05) is 13.8 Å². The average molecular weight is 363 g/mol. The van der Waals surface area contributed by atoms with Crippen molar-refractivity contribution in [3.05, 3.63) is 12.3 Å². The highest BCUT2D eigenvalue weighted by atomic mass is 32.2. The molecule has 3 rings (SSSR count). The number of hydrogen-bond donors (Lipinski definition) is 1. The van der Waals surface area contributed by atoms with E-state index in [-0.39, 0.29) is 11.6 Å². The van der Waals surface area contributed by atoms with Crippen LogP contribution in [0.2, 0.25) is 0 Å². The van der Waals surface area contributed by atoms with Crippen LogP contribution in [0.15, 0.2) is 17.3 Å². The van der Waals surface area contributed by atoms with Crippen molar-refractivity contribution in [2.45, 2.75) is 61.4 Å². The molecule has 2 atom stereocenters. The van der Waals surface area contributed by atoms with Gasteiger partial charge in [-0.05, 0) is 74.4 Å². The van der Waals surface area contributed by atoms with Crippen LogP contribution in [0, 0.1) is 0 Å². The fourth-order valence-corrected chi connectivity index (χ4v) is 7.96. The third kappa shape index (κ3) is 3.70. The molecule has 0 saturated heterocycles. The lowest BCUT2D eigenvalue weighted by Crippen LogP contribution is -2.31. The molecule has 2 aliphatic carbocycles. The lowest BCUT2D eigenvalue weighted by atomic mass is 10.1. The zero-order valence-electron chi connectivity index (χ0n) is 12.9. The van der Waals surface area contributed by atoms with Crippen molar-refractivity contribution < 1.29 is 13.5 Å². The summed E-state index contributed by atoms with van der Waals surface area (Å²) in [5.41, 5.74) is 0.505. The third-order valence-corrected chi connectivity index (χ3v) is 10.3. The van der Waals surface area contributed by atoms with Crippen LogP contribution in [-0.2, 0) is 15.6 Å². The molecule has 0 aromatic carbocycles. The standard InChI is InChI=1S/C13H23N3O3P2S/c1-13(2,9-17)15-8-7-12(14-15)22(18,19)16(20-10-3-4-10)21-11-5-6-11/h7-8,10-11,17,20-21H,3-6,9H2,1-2H3. The Hall–Kier alpha value is -0.0600. The Morgan fingerprint density at radius 3 is 2.32 bits per heavy atom. The van der Waals surface area contributed by atoms with E-state index in [1.165, 1.54) is 0 Å². The van der Waals surface area contributed by atoms with Crippen LogP contribution < -0.4 is 0 Å². The van der Waals surface area contributed by atoms with E-state index >= 15 is 0 Å². The molecule has 0 spiro atoms. The van der Waals surface area contributed by atoms with Crippen LogP contribution in [0.3, 0.4) is 0 Å². The second-order valence-corrected chi connectivity index (χ2v) is 12.5. The maximum absolute atomic E-state index is 12.9. The Bertz CT molecular complexity index is 625. The van der Waals surface area contributed by atoms with Crippen LogP contribution in [0.5, 0.6) is 0 Å². The summed E-state index contributed by atoms with van der Waals surface area (Å²) in [5.74, 6) is 0. The fraction of sp³-hybridized carbons (Fsp3) is 0.769. The predicted octanol–water partition coefficient (Wildman–Crippen LogP) is 2.11. The predicted molar refractivity (Wildman–Crippen MR) is 90.3 cm³/mol. The second kappa shape index (κ2) is 6.10. The zero-order valence-corrected chi connectivity index (χ0v) is 15.7. The van der Waals surface area contributed by atoms with Crippen LogP contribution in [0.1, 0.15) is 39.5 Å². The van der Waals surface area contributed by atoms with Gasteiger partial charge in [-0.15, -0.1) is 0 Å². The zero-order chi connectivity index (χ0) is 16.0. The van der Waals surface area contributed by atoms with Gasteiger partial charge in [0.1, 0.15) is 0 Å². The Labute approximate surface area is 135 Å². The fourth-order valence-electron chi connectivity index (χ4n) is 1.88. The van der Waals surface area contributed by atoms with Crippen LogP contribution in [-0.4, -0.2) is 45.1 Å². The highest BCUT2D eigenvalue weighted by Crippen LogP contribution is 2.54.